The number of Topliss-reactive ketones (excluding diaryl/α,β-unsaturated/α-hetero) is 1. The predicted molar refractivity (Wildman–Crippen MR) is 136 cm³/mol. The number of ketones is 1. The Morgan fingerprint density at radius 2 is 0.833 bits per heavy atom. The second-order valence-electron chi connectivity index (χ2n) is 12.7. The van der Waals surface area contributed by atoms with Crippen LogP contribution >= 0.6 is 0 Å². The maximum absolute atomic E-state index is 14.8. The molecule has 2 saturated carbocycles. The van der Waals surface area contributed by atoms with Crippen molar-refractivity contribution in [3.8, 4) is 0 Å². The first-order valence-electron chi connectivity index (χ1n) is 13.3. The Labute approximate surface area is 212 Å². The zero-order valence-electron chi connectivity index (χ0n) is 20.3. The van der Waals surface area contributed by atoms with Gasteiger partial charge in [-0.2, -0.15) is 0 Å². The van der Waals surface area contributed by atoms with Crippen molar-refractivity contribution < 1.29 is 21.6 Å². The number of carbonyl (C=O) groups is 1. The van der Waals surface area contributed by atoms with E-state index in [1.807, 2.05) is 0 Å². The van der Waals surface area contributed by atoms with E-state index in [1.165, 1.54) is 35.1 Å². The maximum atomic E-state index is 14.8. The van der Waals surface area contributed by atoms with Gasteiger partial charge in [0.1, 0.15) is 5.78 Å². The summed E-state index contributed by atoms with van der Waals surface area (Å²) in [5.41, 5.74) is 7.78. The van der Waals surface area contributed by atoms with Gasteiger partial charge >= 0.3 is 0 Å². The Kier molecular flexibility index (Phi) is 4.11. The average molecular weight is 523 g/mol. The zero-order valence-corrected chi connectivity index (χ0v) is 21.9. The number of rotatable bonds is 0. The van der Waals surface area contributed by atoms with Gasteiger partial charge in [-0.3, -0.25) is 4.79 Å². The van der Waals surface area contributed by atoms with Crippen molar-refractivity contribution in [2.75, 3.05) is 0 Å². The summed E-state index contributed by atoms with van der Waals surface area (Å²) in [6.45, 7) is 0. The van der Waals surface area contributed by atoms with Crippen LogP contribution in [0.3, 0.4) is 0 Å². The van der Waals surface area contributed by atoms with Crippen molar-refractivity contribution in [2.24, 2.45) is 22.7 Å². The first-order chi connectivity index (χ1) is 17.1. The number of benzene rings is 2. The summed E-state index contributed by atoms with van der Waals surface area (Å²) in [6, 6.07) is 8.42. The Morgan fingerprint density at radius 1 is 0.528 bits per heavy atom. The summed E-state index contributed by atoms with van der Waals surface area (Å²) in [5, 5.41) is 0. The van der Waals surface area contributed by atoms with Crippen LogP contribution < -0.4 is 0 Å². The fourth-order valence-corrected chi connectivity index (χ4v) is 12.6. The van der Waals surface area contributed by atoms with Crippen LogP contribution in [-0.2, 0) is 73.2 Å². The van der Waals surface area contributed by atoms with Crippen molar-refractivity contribution in [3.05, 3.63) is 68.8 Å². The summed E-state index contributed by atoms with van der Waals surface area (Å²) >= 11 is 0. The largest absolute Gasteiger partial charge is 0.298 e. The second kappa shape index (κ2) is 6.71. The molecule has 8 rings (SSSR count). The summed E-state index contributed by atoms with van der Waals surface area (Å²) in [6.07, 6.45) is 7.57. The van der Waals surface area contributed by atoms with Gasteiger partial charge in [-0.15, -0.1) is 0 Å². The molecule has 2 aromatic carbocycles. The van der Waals surface area contributed by atoms with Crippen LogP contribution in [-0.4, -0.2) is 22.6 Å². The lowest BCUT2D eigenvalue weighted by Gasteiger charge is -2.37. The van der Waals surface area contributed by atoms with Crippen LogP contribution in [0.2, 0.25) is 0 Å². The van der Waals surface area contributed by atoms with Crippen LogP contribution in [0.15, 0.2) is 24.3 Å². The van der Waals surface area contributed by atoms with Crippen molar-refractivity contribution in [1.82, 2.24) is 0 Å². The molecule has 0 bridgehead atoms. The molecule has 2 heterocycles. The molecule has 6 aliphatic rings. The molecular formula is C29H30O5S2. The van der Waals surface area contributed by atoms with E-state index in [0.717, 1.165) is 60.8 Å². The molecule has 4 aliphatic carbocycles. The van der Waals surface area contributed by atoms with E-state index < -0.39 is 19.7 Å². The highest BCUT2D eigenvalue weighted by atomic mass is 32.2. The van der Waals surface area contributed by atoms with Gasteiger partial charge in [-0.05, 0) is 94.9 Å². The third-order valence-corrected chi connectivity index (χ3v) is 13.7. The number of hydrogen-bond donors (Lipinski definition) is 0. The molecule has 5 nitrogen and oxygen atoms in total. The van der Waals surface area contributed by atoms with Gasteiger partial charge in [-0.25, -0.2) is 16.8 Å². The molecule has 2 atom stereocenters. The summed E-state index contributed by atoms with van der Waals surface area (Å²) in [7, 11) is -6.09. The Hall–Kier alpha value is -1.99. The molecule has 0 aromatic heterocycles. The second-order valence-corrected chi connectivity index (χ2v) is 16.8. The molecule has 0 saturated heterocycles. The van der Waals surface area contributed by atoms with Crippen LogP contribution in [0.5, 0.6) is 0 Å². The minimum absolute atomic E-state index is 0.127. The Balaban J connectivity index is 1.19. The standard InChI is InChI=1S/C29H30O5S2/c30-27-28(9-17-5-21-13-35(31,32)14-22(21)6-18(17)10-28)25-3-1-2-4-26(25)29(27)11-19-7-23-15-36(33,34)16-24(23)8-20(19)12-29/h5-8,25-26H,1-4,9-16H2/t25-,26+. The Bertz CT molecular complexity index is 1410. The molecule has 2 spiro atoms. The minimum atomic E-state index is -3.05. The van der Waals surface area contributed by atoms with Crippen LogP contribution in [0.1, 0.15) is 70.2 Å². The highest BCUT2D eigenvalue weighted by molar-refractivity contribution is 7.90. The predicted octanol–water partition coefficient (Wildman–Crippen LogP) is 3.80. The molecule has 0 unspecified atom stereocenters. The monoisotopic (exact) mass is 522 g/mol. The lowest BCUT2D eigenvalue weighted by atomic mass is 9.66. The fraction of sp³-hybridized carbons (Fsp3) is 0.552. The van der Waals surface area contributed by atoms with E-state index in [-0.39, 0.29) is 33.8 Å². The van der Waals surface area contributed by atoms with Crippen LogP contribution in [0.4, 0.5) is 0 Å². The van der Waals surface area contributed by atoms with Crippen molar-refractivity contribution in [2.45, 2.75) is 74.4 Å². The lowest BCUT2D eigenvalue weighted by Crippen LogP contribution is -2.39. The molecule has 2 aliphatic heterocycles. The highest BCUT2D eigenvalue weighted by Crippen LogP contribution is 2.67. The third kappa shape index (κ3) is 2.79. The quantitative estimate of drug-likeness (QED) is 0.525. The van der Waals surface area contributed by atoms with E-state index in [0.29, 0.717) is 17.6 Å². The SMILES string of the molecule is O=C1C2(Cc3cc4c(cc3C2)CS(=O)(=O)C4)[C@@H]2CCCC[C@@H]2C12Cc1cc3c(cc1C2)CS(=O)(=O)C3. The number of sulfone groups is 2. The summed E-state index contributed by atoms with van der Waals surface area (Å²) in [5.74, 6) is 1.71. The van der Waals surface area contributed by atoms with Gasteiger partial charge in [0.2, 0.25) is 0 Å². The zero-order chi connectivity index (χ0) is 24.7. The van der Waals surface area contributed by atoms with Gasteiger partial charge in [0.25, 0.3) is 0 Å². The molecule has 2 fully saturated rings. The molecule has 2 aromatic rings. The average Bonchev–Trinajstić information content (AvgIpc) is 3.55. The molecular weight excluding hydrogens is 492 g/mol. The topological polar surface area (TPSA) is 85.3 Å². The van der Waals surface area contributed by atoms with Crippen LogP contribution in [0, 0.1) is 22.7 Å². The third-order valence-electron chi connectivity index (χ3n) is 10.7. The summed E-state index contributed by atoms with van der Waals surface area (Å²) < 4.78 is 48.8. The van der Waals surface area contributed by atoms with Crippen molar-refractivity contribution >= 4 is 25.5 Å². The van der Waals surface area contributed by atoms with E-state index in [2.05, 4.69) is 24.3 Å². The van der Waals surface area contributed by atoms with E-state index >= 15 is 0 Å². The van der Waals surface area contributed by atoms with Crippen molar-refractivity contribution in [1.29, 1.82) is 0 Å². The van der Waals surface area contributed by atoms with Gasteiger partial charge in [-0.1, -0.05) is 37.1 Å². The van der Waals surface area contributed by atoms with E-state index in [9.17, 15) is 21.6 Å². The molecule has 0 N–H and O–H groups in total. The Morgan fingerprint density at radius 3 is 1.14 bits per heavy atom. The van der Waals surface area contributed by atoms with E-state index in [4.69, 9.17) is 0 Å². The van der Waals surface area contributed by atoms with Crippen molar-refractivity contribution in [3.63, 3.8) is 0 Å². The first kappa shape index (κ1) is 22.0. The van der Waals surface area contributed by atoms with Gasteiger partial charge in [0.15, 0.2) is 19.7 Å². The van der Waals surface area contributed by atoms with Gasteiger partial charge in [0.05, 0.1) is 23.0 Å². The lowest BCUT2D eigenvalue weighted by molar-refractivity contribution is -0.134. The molecule has 188 valence electrons. The van der Waals surface area contributed by atoms with Gasteiger partial charge in [0, 0.05) is 10.8 Å². The molecule has 0 radical (unpaired) electrons. The first-order valence-corrected chi connectivity index (χ1v) is 16.9. The fourth-order valence-electron chi connectivity index (χ4n) is 9.44. The molecule has 7 heteroatoms. The van der Waals surface area contributed by atoms with Gasteiger partial charge < -0.3 is 0 Å². The molecule has 36 heavy (non-hydrogen) atoms. The molecule has 0 amide bonds. The minimum Gasteiger partial charge on any atom is -0.298 e. The summed E-state index contributed by atoms with van der Waals surface area (Å²) in [4.78, 5) is 14.8. The number of fused-ring (bicyclic) bond motifs is 7. The number of carbonyl (C=O) groups excluding carboxylic acids is 1. The van der Waals surface area contributed by atoms with E-state index in [1.54, 1.807) is 0 Å². The smallest absolute Gasteiger partial charge is 0.158 e. The normalized spacial score (nSPS) is 30.8. The highest BCUT2D eigenvalue weighted by Gasteiger charge is 2.69. The maximum Gasteiger partial charge on any atom is 0.158 e. The van der Waals surface area contributed by atoms with Crippen LogP contribution in [0.25, 0.3) is 0 Å². The number of hydrogen-bond acceptors (Lipinski definition) is 5.